The van der Waals surface area contributed by atoms with E-state index in [0.717, 1.165) is 11.1 Å². The van der Waals surface area contributed by atoms with Gasteiger partial charge in [-0.15, -0.1) is 0 Å². The molecule has 0 bridgehead atoms. The number of amides is 1. The lowest BCUT2D eigenvalue weighted by molar-refractivity contribution is -0.116. The number of hydrogen-bond acceptors (Lipinski definition) is 4. The standard InChI is InChI=1S/C19H19Cl2NO4/c1-24-16-8-12(9-17(25-2)19(16)26-3)4-7-18(23)22-11-13-5-6-14(20)10-15(13)21/h4-10H,11H2,1-3H3,(H,22,23)/b7-4+. The van der Waals surface area contributed by atoms with Gasteiger partial charge in [-0.2, -0.15) is 0 Å². The number of hydrogen-bond donors (Lipinski definition) is 1. The Labute approximate surface area is 162 Å². The van der Waals surface area contributed by atoms with Gasteiger partial charge in [-0.1, -0.05) is 29.3 Å². The molecule has 0 heterocycles. The third-order valence-corrected chi connectivity index (χ3v) is 4.17. The fourth-order valence-electron chi connectivity index (χ4n) is 2.28. The van der Waals surface area contributed by atoms with Crippen LogP contribution in [-0.4, -0.2) is 27.2 Å². The van der Waals surface area contributed by atoms with Crippen molar-refractivity contribution in [2.45, 2.75) is 6.54 Å². The van der Waals surface area contributed by atoms with E-state index < -0.39 is 0 Å². The minimum absolute atomic E-state index is 0.259. The van der Waals surface area contributed by atoms with Crippen LogP contribution >= 0.6 is 23.2 Å². The van der Waals surface area contributed by atoms with Crippen molar-refractivity contribution in [3.63, 3.8) is 0 Å². The molecule has 0 atom stereocenters. The SMILES string of the molecule is COc1cc(/C=C/C(=O)NCc2ccc(Cl)cc2Cl)cc(OC)c1OC. The van der Waals surface area contributed by atoms with Crippen molar-refractivity contribution in [1.82, 2.24) is 5.32 Å². The second-order valence-corrected chi connectivity index (χ2v) is 6.09. The normalized spacial score (nSPS) is 10.7. The van der Waals surface area contributed by atoms with Crippen molar-refractivity contribution < 1.29 is 19.0 Å². The van der Waals surface area contributed by atoms with Crippen LogP contribution in [0.4, 0.5) is 0 Å². The molecule has 0 unspecified atom stereocenters. The summed E-state index contributed by atoms with van der Waals surface area (Å²) in [6, 6.07) is 8.63. The summed E-state index contributed by atoms with van der Waals surface area (Å²) in [6.07, 6.45) is 3.08. The summed E-state index contributed by atoms with van der Waals surface area (Å²) in [7, 11) is 4.60. The maximum atomic E-state index is 12.0. The molecule has 5 nitrogen and oxygen atoms in total. The minimum atomic E-state index is -0.259. The first kappa shape index (κ1) is 19.9. The Morgan fingerprint density at radius 3 is 2.23 bits per heavy atom. The average molecular weight is 396 g/mol. The minimum Gasteiger partial charge on any atom is -0.493 e. The number of carbonyl (C=O) groups is 1. The van der Waals surface area contributed by atoms with E-state index in [-0.39, 0.29) is 5.91 Å². The van der Waals surface area contributed by atoms with Gasteiger partial charge in [0.15, 0.2) is 11.5 Å². The van der Waals surface area contributed by atoms with Gasteiger partial charge in [0.25, 0.3) is 0 Å². The second kappa shape index (κ2) is 9.36. The Bertz CT molecular complexity index is 796. The number of carbonyl (C=O) groups excluding carboxylic acids is 1. The third kappa shape index (κ3) is 5.07. The Hall–Kier alpha value is -2.37. The Morgan fingerprint density at radius 2 is 1.69 bits per heavy atom. The molecular formula is C19H19Cl2NO4. The molecule has 138 valence electrons. The molecule has 0 fully saturated rings. The van der Waals surface area contributed by atoms with Gasteiger partial charge in [0.2, 0.25) is 11.7 Å². The maximum absolute atomic E-state index is 12.0. The zero-order chi connectivity index (χ0) is 19.1. The second-order valence-electron chi connectivity index (χ2n) is 5.25. The van der Waals surface area contributed by atoms with E-state index in [1.54, 1.807) is 36.4 Å². The van der Waals surface area contributed by atoms with E-state index >= 15 is 0 Å². The highest BCUT2D eigenvalue weighted by molar-refractivity contribution is 6.35. The largest absolute Gasteiger partial charge is 0.493 e. The summed E-state index contributed by atoms with van der Waals surface area (Å²) < 4.78 is 15.8. The van der Waals surface area contributed by atoms with Crippen LogP contribution in [0.3, 0.4) is 0 Å². The summed E-state index contributed by atoms with van der Waals surface area (Å²) in [6.45, 7) is 0.300. The fraction of sp³-hybridized carbons (Fsp3) is 0.211. The highest BCUT2D eigenvalue weighted by atomic mass is 35.5. The molecule has 1 N–H and O–H groups in total. The van der Waals surface area contributed by atoms with Crippen molar-refractivity contribution in [3.8, 4) is 17.2 Å². The van der Waals surface area contributed by atoms with Crippen LogP contribution in [0.5, 0.6) is 17.2 Å². The van der Waals surface area contributed by atoms with Crippen LogP contribution < -0.4 is 19.5 Å². The predicted octanol–water partition coefficient (Wildman–Crippen LogP) is 4.35. The maximum Gasteiger partial charge on any atom is 0.244 e. The Kier molecular flexibility index (Phi) is 7.18. The van der Waals surface area contributed by atoms with E-state index in [0.29, 0.717) is 33.8 Å². The van der Waals surface area contributed by atoms with Crippen LogP contribution in [0, 0.1) is 0 Å². The summed E-state index contributed by atoms with van der Waals surface area (Å²) in [4.78, 5) is 12.0. The smallest absolute Gasteiger partial charge is 0.244 e. The number of halogens is 2. The van der Waals surface area contributed by atoms with E-state index in [4.69, 9.17) is 37.4 Å². The monoisotopic (exact) mass is 395 g/mol. The first-order valence-corrected chi connectivity index (χ1v) is 8.44. The van der Waals surface area contributed by atoms with Crippen molar-refractivity contribution >= 4 is 35.2 Å². The number of benzene rings is 2. The topological polar surface area (TPSA) is 56.8 Å². The molecule has 26 heavy (non-hydrogen) atoms. The lowest BCUT2D eigenvalue weighted by atomic mass is 10.1. The molecule has 1 amide bonds. The molecule has 0 aliphatic rings. The van der Waals surface area contributed by atoms with Gasteiger partial charge in [-0.05, 0) is 41.5 Å². The molecule has 0 radical (unpaired) electrons. The van der Waals surface area contributed by atoms with Gasteiger partial charge < -0.3 is 19.5 Å². The number of nitrogens with one attached hydrogen (secondary N) is 1. The Balaban J connectivity index is 2.07. The molecule has 0 aliphatic carbocycles. The number of methoxy groups -OCH3 is 3. The summed E-state index contributed by atoms with van der Waals surface area (Å²) in [5, 5.41) is 3.82. The predicted molar refractivity (Wildman–Crippen MR) is 103 cm³/mol. The van der Waals surface area contributed by atoms with Crippen molar-refractivity contribution in [2.75, 3.05) is 21.3 Å². The van der Waals surface area contributed by atoms with E-state index in [2.05, 4.69) is 5.32 Å². The third-order valence-electron chi connectivity index (χ3n) is 3.58. The first-order chi connectivity index (χ1) is 12.5. The summed E-state index contributed by atoms with van der Waals surface area (Å²) in [5.41, 5.74) is 1.52. The number of rotatable bonds is 7. The van der Waals surface area contributed by atoms with Crippen molar-refractivity contribution in [2.24, 2.45) is 0 Å². The van der Waals surface area contributed by atoms with Gasteiger partial charge >= 0.3 is 0 Å². The molecule has 2 aromatic rings. The molecule has 0 aromatic heterocycles. The fourth-order valence-corrected chi connectivity index (χ4v) is 2.75. The van der Waals surface area contributed by atoms with E-state index in [9.17, 15) is 4.79 Å². The van der Waals surface area contributed by atoms with Crippen LogP contribution in [0.1, 0.15) is 11.1 Å². The highest BCUT2D eigenvalue weighted by Gasteiger charge is 2.12. The van der Waals surface area contributed by atoms with E-state index in [1.165, 1.54) is 27.4 Å². The van der Waals surface area contributed by atoms with Crippen LogP contribution in [-0.2, 0) is 11.3 Å². The van der Waals surface area contributed by atoms with Gasteiger partial charge in [-0.3, -0.25) is 4.79 Å². The van der Waals surface area contributed by atoms with Gasteiger partial charge in [0.1, 0.15) is 0 Å². The summed E-state index contributed by atoms with van der Waals surface area (Å²) >= 11 is 11.9. The molecule has 0 saturated carbocycles. The molecule has 2 rings (SSSR count). The first-order valence-electron chi connectivity index (χ1n) is 7.68. The molecule has 0 spiro atoms. The summed E-state index contributed by atoms with van der Waals surface area (Å²) in [5.74, 6) is 1.26. The lowest BCUT2D eigenvalue weighted by Crippen LogP contribution is -2.20. The molecule has 0 saturated heterocycles. The van der Waals surface area contributed by atoms with Gasteiger partial charge in [0.05, 0.1) is 21.3 Å². The molecule has 0 aliphatic heterocycles. The van der Waals surface area contributed by atoms with Crippen molar-refractivity contribution in [1.29, 1.82) is 0 Å². The van der Waals surface area contributed by atoms with Crippen LogP contribution in [0.25, 0.3) is 6.08 Å². The average Bonchev–Trinajstić information content (AvgIpc) is 2.64. The van der Waals surface area contributed by atoms with Gasteiger partial charge in [0, 0.05) is 22.7 Å². The van der Waals surface area contributed by atoms with Crippen molar-refractivity contribution in [3.05, 3.63) is 57.6 Å². The van der Waals surface area contributed by atoms with Crippen LogP contribution in [0.15, 0.2) is 36.4 Å². The lowest BCUT2D eigenvalue weighted by Gasteiger charge is -2.12. The molecular weight excluding hydrogens is 377 g/mol. The number of ether oxygens (including phenoxy) is 3. The van der Waals surface area contributed by atoms with Crippen LogP contribution in [0.2, 0.25) is 10.0 Å². The zero-order valence-corrected chi connectivity index (χ0v) is 16.1. The molecule has 2 aromatic carbocycles. The quantitative estimate of drug-likeness (QED) is 0.708. The molecule has 7 heteroatoms. The Morgan fingerprint density at radius 1 is 1.04 bits per heavy atom. The van der Waals surface area contributed by atoms with E-state index in [1.807, 2.05) is 0 Å². The van der Waals surface area contributed by atoms with Gasteiger partial charge in [-0.25, -0.2) is 0 Å². The highest BCUT2D eigenvalue weighted by Crippen LogP contribution is 2.38. The zero-order valence-electron chi connectivity index (χ0n) is 14.6.